The van der Waals surface area contributed by atoms with Gasteiger partial charge in [-0.25, -0.2) is 16.8 Å². The molecule has 2 aliphatic heterocycles. The van der Waals surface area contributed by atoms with E-state index >= 15 is 0 Å². The number of benzene rings is 3. The monoisotopic (exact) mass is 858 g/mol. The lowest BCUT2D eigenvalue weighted by atomic mass is 9.95. The van der Waals surface area contributed by atoms with Crippen LogP contribution in [0.4, 0.5) is 0 Å². The number of methoxy groups -OCH3 is 2. The Morgan fingerprint density at radius 2 is 1.22 bits per heavy atom. The van der Waals surface area contributed by atoms with Gasteiger partial charge in [-0.1, -0.05) is 48.9 Å². The number of carboxylic acid groups (broad SMARTS) is 2. The van der Waals surface area contributed by atoms with Gasteiger partial charge in [-0.2, -0.15) is 8.61 Å². The highest BCUT2D eigenvalue weighted by Gasteiger charge is 2.47. The Morgan fingerprint density at radius 3 is 1.71 bits per heavy atom. The highest BCUT2D eigenvalue weighted by atomic mass is 32.2. The van der Waals surface area contributed by atoms with Crippen LogP contribution in [-0.4, -0.2) is 105 Å². The van der Waals surface area contributed by atoms with Crippen LogP contribution in [0.5, 0.6) is 11.5 Å². The third kappa shape index (κ3) is 11.9. The second kappa shape index (κ2) is 20.1. The summed E-state index contributed by atoms with van der Waals surface area (Å²) in [5.41, 5.74) is -0.128. The van der Waals surface area contributed by atoms with Crippen LogP contribution in [0.3, 0.4) is 0 Å². The van der Waals surface area contributed by atoms with E-state index in [-0.39, 0.29) is 42.3 Å². The minimum Gasteiger partial charge on any atom is -0.497 e. The van der Waals surface area contributed by atoms with Gasteiger partial charge in [-0.05, 0) is 94.1 Å². The molecule has 3 aromatic carbocycles. The molecule has 18 heteroatoms. The summed E-state index contributed by atoms with van der Waals surface area (Å²) in [6.45, 7) is 4.80. The lowest BCUT2D eigenvalue weighted by Crippen LogP contribution is -2.52. The molecule has 0 saturated carbocycles. The largest absolute Gasteiger partial charge is 0.497 e. The predicted octanol–water partition coefficient (Wildman–Crippen LogP) is 4.74. The highest BCUT2D eigenvalue weighted by molar-refractivity contribution is 7.89. The molecular formula is C41H50N2O14S2. The summed E-state index contributed by atoms with van der Waals surface area (Å²) in [4.78, 5) is 49.5. The quantitative estimate of drug-likeness (QED) is 0.186. The second-order valence-corrected chi connectivity index (χ2v) is 18.4. The van der Waals surface area contributed by atoms with Crippen molar-refractivity contribution in [2.45, 2.75) is 80.5 Å². The van der Waals surface area contributed by atoms with E-state index in [0.717, 1.165) is 14.2 Å². The molecule has 0 amide bonds. The molecule has 16 nitrogen and oxygen atoms in total. The Morgan fingerprint density at radius 1 is 0.678 bits per heavy atom. The Hall–Kier alpha value is -5.30. The van der Waals surface area contributed by atoms with Crippen molar-refractivity contribution in [2.75, 3.05) is 27.3 Å². The first-order valence-electron chi connectivity index (χ1n) is 18.7. The van der Waals surface area contributed by atoms with Crippen molar-refractivity contribution in [3.63, 3.8) is 0 Å². The van der Waals surface area contributed by atoms with Crippen molar-refractivity contribution in [1.29, 1.82) is 0 Å². The third-order valence-corrected chi connectivity index (χ3v) is 13.2. The summed E-state index contributed by atoms with van der Waals surface area (Å²) in [5.74, 6) is -5.65. The smallest absolute Gasteiger partial charge is 0.325 e. The molecule has 2 N–H and O–H groups in total. The number of ether oxygens (including phenoxy) is 4. The van der Waals surface area contributed by atoms with Crippen LogP contribution in [-0.2, 0) is 55.3 Å². The van der Waals surface area contributed by atoms with E-state index < -0.39 is 73.4 Å². The van der Waals surface area contributed by atoms with E-state index in [1.165, 1.54) is 62.8 Å². The molecule has 0 radical (unpaired) electrons. The van der Waals surface area contributed by atoms with Gasteiger partial charge in [-0.3, -0.25) is 19.2 Å². The maximum Gasteiger partial charge on any atom is 0.325 e. The van der Waals surface area contributed by atoms with E-state index in [9.17, 15) is 46.2 Å². The summed E-state index contributed by atoms with van der Waals surface area (Å²) in [6.07, 6.45) is 4.37. The van der Waals surface area contributed by atoms with Gasteiger partial charge >= 0.3 is 23.9 Å². The van der Waals surface area contributed by atoms with Crippen LogP contribution >= 0.6 is 0 Å². The van der Waals surface area contributed by atoms with Gasteiger partial charge in [-0.15, -0.1) is 0 Å². The molecule has 3 aromatic rings. The molecule has 59 heavy (non-hydrogen) atoms. The van der Waals surface area contributed by atoms with Crippen molar-refractivity contribution in [3.8, 4) is 11.5 Å². The van der Waals surface area contributed by atoms with Crippen LogP contribution in [0, 0.1) is 11.8 Å². The first kappa shape index (κ1) is 46.4. The number of hydrogen-bond donors (Lipinski definition) is 2. The van der Waals surface area contributed by atoms with Crippen molar-refractivity contribution < 1.29 is 65.2 Å². The second-order valence-electron chi connectivity index (χ2n) is 14.7. The average molecular weight is 859 g/mol. The minimum atomic E-state index is -4.20. The SMILES string of the molecule is COc1ccc(S(=O)(=O)N2CC=CCC(C(=O)OCc3ccccc3)C2C(=O)O)cc1.COc1ccc(S(=O)(=O)N2CCCCC(C(=O)O)C2C(=O)OC(C)(C)C)cc1. The number of allylic oxidation sites excluding steroid dienone is 1. The maximum atomic E-state index is 13.3. The van der Waals surface area contributed by atoms with Crippen LogP contribution < -0.4 is 9.47 Å². The number of rotatable bonds is 12. The fraction of sp³-hybridized carbons (Fsp3) is 0.415. The molecule has 1 saturated heterocycles. The lowest BCUT2D eigenvalue weighted by Gasteiger charge is -2.33. The van der Waals surface area contributed by atoms with Gasteiger partial charge in [0.25, 0.3) is 0 Å². The van der Waals surface area contributed by atoms with E-state index in [1.54, 1.807) is 57.2 Å². The molecule has 0 aliphatic carbocycles. The predicted molar refractivity (Wildman–Crippen MR) is 213 cm³/mol. The number of carbonyl (C=O) groups is 4. The highest BCUT2D eigenvalue weighted by Crippen LogP contribution is 2.32. The molecule has 1 fully saturated rings. The molecule has 320 valence electrons. The number of hydrogen-bond acceptors (Lipinski definition) is 12. The van der Waals surface area contributed by atoms with Crippen LogP contribution in [0.15, 0.2) is 101 Å². The number of carbonyl (C=O) groups excluding carboxylic acids is 2. The summed E-state index contributed by atoms with van der Waals surface area (Å²) in [5, 5.41) is 19.5. The molecule has 4 atom stereocenters. The molecular weight excluding hydrogens is 809 g/mol. The summed E-state index contributed by atoms with van der Waals surface area (Å²) < 4.78 is 75.6. The Balaban J connectivity index is 0.000000262. The van der Waals surface area contributed by atoms with E-state index in [4.69, 9.17) is 18.9 Å². The average Bonchev–Trinajstić information content (AvgIpc) is 3.59. The van der Waals surface area contributed by atoms with E-state index in [0.29, 0.717) is 24.3 Å². The van der Waals surface area contributed by atoms with Crippen molar-refractivity contribution >= 4 is 43.9 Å². The van der Waals surface area contributed by atoms with Gasteiger partial charge < -0.3 is 29.2 Å². The van der Waals surface area contributed by atoms with Gasteiger partial charge in [0.15, 0.2) is 0 Å². The molecule has 2 aliphatic rings. The molecule has 0 aromatic heterocycles. The number of sulfonamides is 2. The minimum absolute atomic E-state index is 0.0303. The maximum absolute atomic E-state index is 13.3. The van der Waals surface area contributed by atoms with Crippen molar-refractivity contribution in [2.24, 2.45) is 11.8 Å². The third-order valence-electron chi connectivity index (χ3n) is 9.45. The first-order chi connectivity index (χ1) is 27.8. The molecule has 0 bridgehead atoms. The van der Waals surface area contributed by atoms with Gasteiger partial charge in [0.05, 0.1) is 35.8 Å². The lowest BCUT2D eigenvalue weighted by molar-refractivity contribution is -0.165. The Labute approximate surface area is 344 Å². The number of esters is 2. The summed E-state index contributed by atoms with van der Waals surface area (Å²) >= 11 is 0. The van der Waals surface area contributed by atoms with E-state index in [2.05, 4.69) is 0 Å². The molecule has 4 unspecified atom stereocenters. The number of nitrogens with zero attached hydrogens (tertiary/aromatic N) is 2. The molecule has 5 rings (SSSR count). The van der Waals surface area contributed by atoms with Crippen molar-refractivity contribution in [3.05, 3.63) is 96.6 Å². The van der Waals surface area contributed by atoms with Crippen LogP contribution in [0.25, 0.3) is 0 Å². The van der Waals surface area contributed by atoms with Crippen molar-refractivity contribution in [1.82, 2.24) is 8.61 Å². The van der Waals surface area contributed by atoms with Gasteiger partial charge in [0, 0.05) is 13.1 Å². The van der Waals surface area contributed by atoms with Crippen LogP contribution in [0.2, 0.25) is 0 Å². The fourth-order valence-corrected chi connectivity index (χ4v) is 9.76. The first-order valence-corrected chi connectivity index (χ1v) is 21.6. The normalized spacial score (nSPS) is 20.4. The number of aliphatic carboxylic acids is 2. The Kier molecular flexibility index (Phi) is 15.8. The van der Waals surface area contributed by atoms with E-state index in [1.807, 2.05) is 6.07 Å². The van der Waals surface area contributed by atoms with Gasteiger partial charge in [0.2, 0.25) is 20.0 Å². The van der Waals surface area contributed by atoms with Gasteiger partial charge in [0.1, 0.15) is 35.8 Å². The van der Waals surface area contributed by atoms with Crippen LogP contribution in [0.1, 0.15) is 52.0 Å². The standard InChI is InChI=1S/C22H23NO7S.C19H27NO7S/c1-29-17-10-12-18(13-11-17)31(27,28)23-14-6-5-9-19(20(23)21(24)25)22(26)30-15-16-7-3-2-4-8-16;1-19(2,3)27-18(23)16-15(17(21)22)7-5-6-12-20(16)28(24,25)14-10-8-13(26-4)9-11-14/h2-8,10-13,19-20H,9,14-15H2,1H3,(H,24,25);8-11,15-16H,5-7,12H2,1-4H3,(H,21,22). The molecule has 0 spiro atoms. The fourth-order valence-electron chi connectivity index (χ4n) is 6.54. The zero-order chi connectivity index (χ0) is 43.5. The topological polar surface area (TPSA) is 220 Å². The zero-order valence-electron chi connectivity index (χ0n) is 33.4. The Bertz CT molecular complexity index is 2170. The summed E-state index contributed by atoms with van der Waals surface area (Å²) in [6, 6.07) is 17.3. The molecule has 2 heterocycles. The number of carboxylic acids is 2. The zero-order valence-corrected chi connectivity index (χ0v) is 35.1. The summed E-state index contributed by atoms with van der Waals surface area (Å²) in [7, 11) is -5.39.